The summed E-state index contributed by atoms with van der Waals surface area (Å²) in [6.07, 6.45) is 7.70. The van der Waals surface area contributed by atoms with Crippen molar-refractivity contribution >= 4 is 12.0 Å². The van der Waals surface area contributed by atoms with Crippen molar-refractivity contribution < 1.29 is 9.53 Å². The number of esters is 1. The lowest BCUT2D eigenvalue weighted by molar-refractivity contribution is -0.137. The summed E-state index contributed by atoms with van der Waals surface area (Å²) in [5, 5.41) is 0. The number of nitrogens with zero attached hydrogens (tertiary/aromatic N) is 1. The van der Waals surface area contributed by atoms with Crippen LogP contribution >= 0.6 is 0 Å². The number of carbonyl (C=O) groups excluding carboxylic acids is 1. The largest absolute Gasteiger partial charge is 0.463 e. The number of hydrogen-bond acceptors (Lipinski definition) is 3. The molecular weight excluding hydrogens is 250 g/mol. The van der Waals surface area contributed by atoms with Gasteiger partial charge in [-0.1, -0.05) is 30.3 Å². The van der Waals surface area contributed by atoms with E-state index in [4.69, 9.17) is 4.74 Å². The third kappa shape index (κ3) is 4.35. The zero-order valence-corrected chi connectivity index (χ0v) is 11.5. The highest BCUT2D eigenvalue weighted by atomic mass is 16.5. The first-order valence-electron chi connectivity index (χ1n) is 6.60. The molecule has 0 atom stereocenters. The maximum atomic E-state index is 11.2. The summed E-state index contributed by atoms with van der Waals surface area (Å²) in [6, 6.07) is 12.1. The van der Waals surface area contributed by atoms with Crippen molar-refractivity contribution in [1.29, 1.82) is 0 Å². The summed E-state index contributed by atoms with van der Waals surface area (Å²) in [4.78, 5) is 15.3. The average Bonchev–Trinajstić information content (AvgIpc) is 2.48. The zero-order chi connectivity index (χ0) is 14.2. The Kier molecular flexibility index (Phi) is 5.07. The molecule has 0 aliphatic heterocycles. The lowest BCUT2D eigenvalue weighted by Gasteiger charge is -2.02. The number of ether oxygens (including phenoxy) is 1. The van der Waals surface area contributed by atoms with Crippen LogP contribution in [-0.4, -0.2) is 17.6 Å². The Hall–Kier alpha value is -2.42. The van der Waals surface area contributed by atoms with E-state index < -0.39 is 0 Å². The number of rotatable bonds is 5. The van der Waals surface area contributed by atoms with Crippen LogP contribution in [-0.2, 0) is 16.0 Å². The molecule has 0 spiro atoms. The number of aromatic nitrogens is 1. The molecule has 0 radical (unpaired) electrons. The molecular formula is C17H17NO2. The van der Waals surface area contributed by atoms with E-state index in [0.717, 1.165) is 12.0 Å². The molecule has 20 heavy (non-hydrogen) atoms. The van der Waals surface area contributed by atoms with Gasteiger partial charge >= 0.3 is 5.97 Å². The second kappa shape index (κ2) is 7.24. The molecule has 0 aliphatic carbocycles. The van der Waals surface area contributed by atoms with Crippen LogP contribution in [0.4, 0.5) is 0 Å². The average molecular weight is 267 g/mol. The fourth-order valence-electron chi connectivity index (χ4n) is 1.84. The molecule has 0 fully saturated rings. The highest BCUT2D eigenvalue weighted by molar-refractivity contribution is 5.87. The third-order valence-corrected chi connectivity index (χ3v) is 2.81. The topological polar surface area (TPSA) is 39.2 Å². The van der Waals surface area contributed by atoms with E-state index in [0.29, 0.717) is 6.61 Å². The summed E-state index contributed by atoms with van der Waals surface area (Å²) in [7, 11) is 0. The molecule has 1 aromatic heterocycles. The van der Waals surface area contributed by atoms with Crippen LogP contribution in [0.15, 0.2) is 54.9 Å². The molecule has 0 amide bonds. The minimum Gasteiger partial charge on any atom is -0.463 e. The molecule has 0 saturated carbocycles. The molecule has 0 aliphatic rings. The van der Waals surface area contributed by atoms with Crippen LogP contribution in [0.3, 0.4) is 0 Å². The van der Waals surface area contributed by atoms with Gasteiger partial charge in [-0.25, -0.2) is 4.79 Å². The summed E-state index contributed by atoms with van der Waals surface area (Å²) in [6.45, 7) is 2.19. The van der Waals surface area contributed by atoms with Crippen molar-refractivity contribution in [3.63, 3.8) is 0 Å². The van der Waals surface area contributed by atoms with Crippen LogP contribution in [0.5, 0.6) is 0 Å². The van der Waals surface area contributed by atoms with Crippen molar-refractivity contribution in [1.82, 2.24) is 4.98 Å². The van der Waals surface area contributed by atoms with Crippen molar-refractivity contribution in [2.24, 2.45) is 0 Å². The van der Waals surface area contributed by atoms with E-state index in [1.165, 1.54) is 17.2 Å². The van der Waals surface area contributed by atoms with Crippen molar-refractivity contribution in [3.8, 4) is 0 Å². The number of carbonyl (C=O) groups is 1. The van der Waals surface area contributed by atoms with Crippen molar-refractivity contribution in [2.75, 3.05) is 6.61 Å². The molecule has 102 valence electrons. The summed E-state index contributed by atoms with van der Waals surface area (Å²) in [5.41, 5.74) is 3.38. The van der Waals surface area contributed by atoms with Crippen LogP contribution in [0.25, 0.3) is 6.08 Å². The van der Waals surface area contributed by atoms with Gasteiger partial charge in [-0.15, -0.1) is 0 Å². The molecule has 1 aromatic carbocycles. The molecule has 2 aromatic rings. The van der Waals surface area contributed by atoms with Gasteiger partial charge in [-0.3, -0.25) is 4.98 Å². The highest BCUT2D eigenvalue weighted by Crippen LogP contribution is 2.11. The lowest BCUT2D eigenvalue weighted by Crippen LogP contribution is -1.98. The van der Waals surface area contributed by atoms with E-state index in [1.54, 1.807) is 19.2 Å². The van der Waals surface area contributed by atoms with Gasteiger partial charge in [0.05, 0.1) is 6.61 Å². The van der Waals surface area contributed by atoms with E-state index >= 15 is 0 Å². The molecule has 0 N–H and O–H groups in total. The van der Waals surface area contributed by atoms with E-state index in [-0.39, 0.29) is 5.97 Å². The molecule has 2 rings (SSSR count). The Morgan fingerprint density at radius 1 is 1.20 bits per heavy atom. The monoisotopic (exact) mass is 267 g/mol. The van der Waals surface area contributed by atoms with E-state index in [2.05, 4.69) is 23.2 Å². The van der Waals surface area contributed by atoms with Gasteiger partial charge in [0.2, 0.25) is 0 Å². The quantitative estimate of drug-likeness (QED) is 0.616. The van der Waals surface area contributed by atoms with Gasteiger partial charge in [0.25, 0.3) is 0 Å². The van der Waals surface area contributed by atoms with Crippen molar-refractivity contribution in [3.05, 3.63) is 71.6 Å². The van der Waals surface area contributed by atoms with Gasteiger partial charge < -0.3 is 4.74 Å². The normalized spacial score (nSPS) is 10.7. The summed E-state index contributed by atoms with van der Waals surface area (Å²) < 4.78 is 4.83. The van der Waals surface area contributed by atoms with Gasteiger partial charge in [-0.2, -0.15) is 0 Å². The van der Waals surface area contributed by atoms with Crippen molar-refractivity contribution in [2.45, 2.75) is 13.3 Å². The fourth-order valence-corrected chi connectivity index (χ4v) is 1.84. The van der Waals surface area contributed by atoms with Crippen LogP contribution in [0.2, 0.25) is 0 Å². The molecule has 3 heteroatoms. The van der Waals surface area contributed by atoms with Gasteiger partial charge in [-0.05, 0) is 42.2 Å². The predicted molar refractivity (Wildman–Crippen MR) is 79.2 cm³/mol. The Morgan fingerprint density at radius 2 is 2.00 bits per heavy atom. The first-order valence-corrected chi connectivity index (χ1v) is 6.60. The predicted octanol–water partition coefficient (Wildman–Crippen LogP) is 3.25. The van der Waals surface area contributed by atoms with Gasteiger partial charge in [0, 0.05) is 18.5 Å². The number of pyridine rings is 1. The number of hydrogen-bond donors (Lipinski definition) is 0. The SMILES string of the molecule is CCOC(=O)/C=C/c1ccc(Cc2cccnc2)cc1. The standard InChI is InChI=1S/C17H17NO2/c1-2-20-17(19)10-9-14-5-7-15(8-6-14)12-16-4-3-11-18-13-16/h3-11,13H,2,12H2,1H3/b10-9+. The Labute approximate surface area is 118 Å². The molecule has 1 heterocycles. The van der Waals surface area contributed by atoms with Gasteiger partial charge in [0.1, 0.15) is 0 Å². The Balaban J connectivity index is 1.98. The molecule has 0 unspecified atom stereocenters. The minimum absolute atomic E-state index is 0.313. The highest BCUT2D eigenvalue weighted by Gasteiger charge is 1.97. The zero-order valence-electron chi connectivity index (χ0n) is 11.5. The molecule has 0 saturated heterocycles. The minimum atomic E-state index is -0.313. The smallest absolute Gasteiger partial charge is 0.330 e. The van der Waals surface area contributed by atoms with Crippen LogP contribution < -0.4 is 0 Å². The molecule has 0 bridgehead atoms. The number of benzene rings is 1. The second-order valence-electron chi connectivity index (χ2n) is 4.37. The van der Waals surface area contributed by atoms with E-state index in [1.807, 2.05) is 24.4 Å². The van der Waals surface area contributed by atoms with Crippen LogP contribution in [0.1, 0.15) is 23.6 Å². The van der Waals surface area contributed by atoms with E-state index in [9.17, 15) is 4.79 Å². The molecule has 3 nitrogen and oxygen atoms in total. The summed E-state index contributed by atoms with van der Waals surface area (Å²) in [5.74, 6) is -0.313. The lowest BCUT2D eigenvalue weighted by atomic mass is 10.0. The first kappa shape index (κ1) is 14.0. The maximum Gasteiger partial charge on any atom is 0.330 e. The Morgan fingerprint density at radius 3 is 2.65 bits per heavy atom. The maximum absolute atomic E-state index is 11.2. The fraction of sp³-hybridized carbons (Fsp3) is 0.176. The summed E-state index contributed by atoms with van der Waals surface area (Å²) >= 11 is 0. The van der Waals surface area contributed by atoms with Crippen LogP contribution in [0, 0.1) is 0 Å². The Bertz CT molecular complexity index is 574. The second-order valence-corrected chi connectivity index (χ2v) is 4.37. The van der Waals surface area contributed by atoms with Gasteiger partial charge in [0.15, 0.2) is 0 Å². The third-order valence-electron chi connectivity index (χ3n) is 2.81. The first-order chi connectivity index (χ1) is 9.78.